The highest BCUT2D eigenvalue weighted by atomic mass is 16.5. The normalized spacial score (nSPS) is 11.6. The number of ketones is 3. The summed E-state index contributed by atoms with van der Waals surface area (Å²) in [5, 5.41) is 8.05. The van der Waals surface area contributed by atoms with Crippen LogP contribution in [0.25, 0.3) is 0 Å². The van der Waals surface area contributed by atoms with Gasteiger partial charge in [0, 0.05) is 58.7 Å². The molecule has 0 heterocycles. The monoisotopic (exact) mass is 675 g/mol. The Morgan fingerprint density at radius 2 is 0.957 bits per heavy atom. The first kappa shape index (κ1) is 44.2. The van der Waals surface area contributed by atoms with E-state index in [0.717, 1.165) is 0 Å². The minimum atomic E-state index is -0.548. The molecule has 0 spiro atoms. The summed E-state index contributed by atoms with van der Waals surface area (Å²) in [7, 11) is 0. The molecule has 0 aromatic rings. The number of amides is 3. The van der Waals surface area contributed by atoms with Crippen LogP contribution in [-0.2, 0) is 57.2 Å². The van der Waals surface area contributed by atoms with Crippen molar-refractivity contribution in [1.82, 2.24) is 16.0 Å². The number of rotatable bonds is 34. The van der Waals surface area contributed by atoms with E-state index < -0.39 is 5.92 Å². The van der Waals surface area contributed by atoms with Crippen LogP contribution >= 0.6 is 0 Å². The minimum absolute atomic E-state index is 0.00000761. The predicted molar refractivity (Wildman–Crippen MR) is 172 cm³/mol. The van der Waals surface area contributed by atoms with Gasteiger partial charge in [-0.25, -0.2) is 0 Å². The fourth-order valence-corrected chi connectivity index (χ4v) is 3.93. The zero-order valence-corrected chi connectivity index (χ0v) is 28.5. The molecule has 3 amide bonds. The standard InChI is InChI=1S/C32H57N3O12/c1-4-29(38)23-45-19-16-44-15-12-35-32(41)28(22-31(40)25-47-21-18-43-14-11-34-27(3)37)8-6-5-7-9-30(39)24-46-20-17-42-13-10-33-26(2)36/h28H,4-25H2,1-3H3,(H,33,36)(H,34,37)(H,35,41). The van der Waals surface area contributed by atoms with E-state index >= 15 is 0 Å². The lowest BCUT2D eigenvalue weighted by Gasteiger charge is -2.16. The van der Waals surface area contributed by atoms with Gasteiger partial charge in [0.2, 0.25) is 17.7 Å². The quantitative estimate of drug-likeness (QED) is 0.0804. The Morgan fingerprint density at radius 3 is 1.45 bits per heavy atom. The van der Waals surface area contributed by atoms with E-state index in [4.69, 9.17) is 28.4 Å². The van der Waals surface area contributed by atoms with Gasteiger partial charge in [-0.2, -0.15) is 0 Å². The van der Waals surface area contributed by atoms with Gasteiger partial charge in [0.1, 0.15) is 19.8 Å². The number of ether oxygens (including phenoxy) is 6. The van der Waals surface area contributed by atoms with Crippen molar-refractivity contribution in [3.05, 3.63) is 0 Å². The molecule has 15 heteroatoms. The Bertz CT molecular complexity index is 887. The van der Waals surface area contributed by atoms with Crippen molar-refractivity contribution in [2.24, 2.45) is 5.92 Å². The van der Waals surface area contributed by atoms with Crippen molar-refractivity contribution in [2.45, 2.75) is 65.7 Å². The maximum Gasteiger partial charge on any atom is 0.223 e. The molecule has 0 radical (unpaired) electrons. The van der Waals surface area contributed by atoms with Crippen molar-refractivity contribution in [3.63, 3.8) is 0 Å². The number of Topliss-reactive ketones (excluding diaryl/α,β-unsaturated/α-hetero) is 3. The second kappa shape index (κ2) is 31.8. The topological polar surface area (TPSA) is 194 Å². The molecule has 3 N–H and O–H groups in total. The van der Waals surface area contributed by atoms with Gasteiger partial charge in [0.05, 0.1) is 59.5 Å². The van der Waals surface area contributed by atoms with Gasteiger partial charge in [0.25, 0.3) is 0 Å². The molecular formula is C32H57N3O12. The molecule has 0 fully saturated rings. The van der Waals surface area contributed by atoms with Crippen molar-refractivity contribution in [1.29, 1.82) is 0 Å². The molecule has 0 bridgehead atoms. The van der Waals surface area contributed by atoms with E-state index in [-0.39, 0.29) is 101 Å². The van der Waals surface area contributed by atoms with Crippen LogP contribution in [0.4, 0.5) is 0 Å². The van der Waals surface area contributed by atoms with Gasteiger partial charge in [-0.15, -0.1) is 0 Å². The first-order valence-corrected chi connectivity index (χ1v) is 16.4. The first-order chi connectivity index (χ1) is 22.6. The van der Waals surface area contributed by atoms with Crippen LogP contribution in [0.3, 0.4) is 0 Å². The molecule has 0 saturated carbocycles. The largest absolute Gasteiger partial charge is 0.377 e. The van der Waals surface area contributed by atoms with Crippen LogP contribution in [0.2, 0.25) is 0 Å². The Balaban J connectivity index is 4.37. The van der Waals surface area contributed by atoms with Gasteiger partial charge in [-0.1, -0.05) is 19.8 Å². The Labute approximate surface area is 278 Å². The van der Waals surface area contributed by atoms with Crippen LogP contribution < -0.4 is 16.0 Å². The van der Waals surface area contributed by atoms with Crippen molar-refractivity contribution in [3.8, 4) is 0 Å². The van der Waals surface area contributed by atoms with E-state index in [1.807, 2.05) is 0 Å². The van der Waals surface area contributed by atoms with Crippen LogP contribution in [0.15, 0.2) is 0 Å². The van der Waals surface area contributed by atoms with Crippen molar-refractivity contribution >= 4 is 35.1 Å². The third-order valence-electron chi connectivity index (χ3n) is 6.44. The van der Waals surface area contributed by atoms with Gasteiger partial charge in [-0.05, 0) is 12.8 Å². The zero-order valence-electron chi connectivity index (χ0n) is 28.5. The molecule has 1 unspecified atom stereocenters. The first-order valence-electron chi connectivity index (χ1n) is 16.4. The number of unbranched alkanes of at least 4 members (excludes halogenated alkanes) is 2. The average Bonchev–Trinajstić information content (AvgIpc) is 3.03. The minimum Gasteiger partial charge on any atom is -0.377 e. The number of carbonyl (C=O) groups excluding carboxylic acids is 6. The lowest BCUT2D eigenvalue weighted by atomic mass is 9.94. The van der Waals surface area contributed by atoms with E-state index in [0.29, 0.717) is 78.0 Å². The third-order valence-corrected chi connectivity index (χ3v) is 6.44. The molecule has 0 aliphatic carbocycles. The van der Waals surface area contributed by atoms with Gasteiger partial charge < -0.3 is 44.4 Å². The van der Waals surface area contributed by atoms with Crippen LogP contribution in [0.1, 0.15) is 65.7 Å². The van der Waals surface area contributed by atoms with E-state index in [2.05, 4.69) is 16.0 Å². The highest BCUT2D eigenvalue weighted by Crippen LogP contribution is 2.16. The van der Waals surface area contributed by atoms with Crippen LogP contribution in [0, 0.1) is 5.92 Å². The van der Waals surface area contributed by atoms with Gasteiger partial charge >= 0.3 is 0 Å². The molecule has 0 rings (SSSR count). The van der Waals surface area contributed by atoms with E-state index in [9.17, 15) is 28.8 Å². The summed E-state index contributed by atoms with van der Waals surface area (Å²) < 4.78 is 32.0. The summed E-state index contributed by atoms with van der Waals surface area (Å²) in [6.07, 6.45) is 3.29. The van der Waals surface area contributed by atoms with E-state index in [1.54, 1.807) is 6.92 Å². The summed E-state index contributed by atoms with van der Waals surface area (Å²) in [5.74, 6) is -1.27. The fourth-order valence-electron chi connectivity index (χ4n) is 3.93. The smallest absolute Gasteiger partial charge is 0.223 e. The highest BCUT2D eigenvalue weighted by Gasteiger charge is 2.21. The molecule has 0 aliphatic rings. The van der Waals surface area contributed by atoms with Crippen molar-refractivity contribution in [2.75, 3.05) is 98.9 Å². The summed E-state index contributed by atoms with van der Waals surface area (Å²) in [5.41, 5.74) is 0. The molecule has 0 aromatic carbocycles. The maximum atomic E-state index is 12.9. The third kappa shape index (κ3) is 31.5. The van der Waals surface area contributed by atoms with Crippen LogP contribution in [-0.4, -0.2) is 134 Å². The molecule has 0 aliphatic heterocycles. The Kier molecular flexibility index (Phi) is 29.9. The Morgan fingerprint density at radius 1 is 0.511 bits per heavy atom. The number of carbonyl (C=O) groups is 6. The van der Waals surface area contributed by atoms with Crippen LogP contribution in [0.5, 0.6) is 0 Å². The fraction of sp³-hybridized carbons (Fsp3) is 0.812. The summed E-state index contributed by atoms with van der Waals surface area (Å²) in [4.78, 5) is 70.5. The van der Waals surface area contributed by atoms with E-state index in [1.165, 1.54) is 13.8 Å². The second-order valence-corrected chi connectivity index (χ2v) is 10.7. The molecule has 47 heavy (non-hydrogen) atoms. The number of hydrogen-bond acceptors (Lipinski definition) is 12. The van der Waals surface area contributed by atoms with Crippen molar-refractivity contribution < 1.29 is 57.2 Å². The van der Waals surface area contributed by atoms with Gasteiger partial charge in [-0.3, -0.25) is 28.8 Å². The molecule has 272 valence electrons. The lowest BCUT2D eigenvalue weighted by molar-refractivity contribution is -0.132. The number of hydrogen-bond donors (Lipinski definition) is 3. The average molecular weight is 676 g/mol. The Hall–Kier alpha value is -2.82. The summed E-state index contributed by atoms with van der Waals surface area (Å²) in [6.45, 7) is 8.25. The SMILES string of the molecule is CCC(=O)COCCOCCNC(=O)C(CCCCCC(=O)COCCOCCNC(C)=O)CC(=O)COCCOCCNC(C)=O. The number of nitrogens with one attached hydrogen (secondary N) is 3. The lowest BCUT2D eigenvalue weighted by Crippen LogP contribution is -2.35. The van der Waals surface area contributed by atoms with Gasteiger partial charge in [0.15, 0.2) is 17.3 Å². The highest BCUT2D eigenvalue weighted by molar-refractivity contribution is 5.87. The molecule has 1 atom stereocenters. The maximum absolute atomic E-state index is 12.9. The second-order valence-electron chi connectivity index (χ2n) is 10.7. The molecule has 15 nitrogen and oxygen atoms in total. The molecule has 0 aromatic heterocycles. The predicted octanol–water partition coefficient (Wildman–Crippen LogP) is 0.549. The molecule has 0 saturated heterocycles. The zero-order chi connectivity index (χ0) is 35.0. The summed E-state index contributed by atoms with van der Waals surface area (Å²) >= 11 is 0. The molecular weight excluding hydrogens is 618 g/mol. The summed E-state index contributed by atoms with van der Waals surface area (Å²) in [6, 6.07) is 0.